The van der Waals surface area contributed by atoms with Gasteiger partial charge in [0.1, 0.15) is 22.9 Å². The van der Waals surface area contributed by atoms with Crippen LogP contribution in [0.15, 0.2) is 84.9 Å². The second-order valence-corrected chi connectivity index (χ2v) is 17.3. The van der Waals surface area contributed by atoms with Gasteiger partial charge in [-0.25, -0.2) is 31.1 Å². The second kappa shape index (κ2) is 19.3. The molecule has 6 nitrogen and oxygen atoms in total. The molecule has 0 bridgehead atoms. The average Bonchev–Trinajstić information content (AvgIpc) is 3.20. The smallest absolute Gasteiger partial charge is 0.412 e. The summed E-state index contributed by atoms with van der Waals surface area (Å²) in [7, 11) is 0. The third-order valence-electron chi connectivity index (χ3n) is 11.8. The van der Waals surface area contributed by atoms with Crippen molar-refractivity contribution in [1.29, 1.82) is 0 Å². The summed E-state index contributed by atoms with van der Waals surface area (Å²) in [5.41, 5.74) is 6.50. The monoisotopic (exact) mass is 822 g/mol. The maximum absolute atomic E-state index is 15.6. The SMILES string of the molecule is CC(C)(C)OC(=O)N([C@@H](CCN1CCCC(c2ccccc2)C1)Cc1cc(F)c(F)cc1F)[C@@](N)(CCN1CCCC(c2ccccc2)C1)Cc1cc(F)c(F)cc1F. The zero-order valence-electron chi connectivity index (χ0n) is 34.2. The first kappa shape index (κ1) is 44.2. The number of likely N-dealkylation sites (tertiary alicyclic amines) is 2. The van der Waals surface area contributed by atoms with E-state index in [4.69, 9.17) is 10.5 Å². The molecule has 0 spiro atoms. The van der Waals surface area contributed by atoms with Gasteiger partial charge < -0.3 is 20.3 Å². The predicted octanol–water partition coefficient (Wildman–Crippen LogP) is 10.1. The van der Waals surface area contributed by atoms with Gasteiger partial charge in [0.15, 0.2) is 23.3 Å². The van der Waals surface area contributed by atoms with Gasteiger partial charge in [-0.1, -0.05) is 60.7 Å². The van der Waals surface area contributed by atoms with Crippen LogP contribution in [0.3, 0.4) is 0 Å². The maximum atomic E-state index is 15.6. The summed E-state index contributed by atoms with van der Waals surface area (Å²) in [6.45, 7) is 8.67. The minimum absolute atomic E-state index is 0.0305. The van der Waals surface area contributed by atoms with E-state index in [1.807, 2.05) is 36.4 Å². The summed E-state index contributed by atoms with van der Waals surface area (Å²) in [5.74, 6) is -6.84. The summed E-state index contributed by atoms with van der Waals surface area (Å²) in [5, 5.41) is 0. The fourth-order valence-corrected chi connectivity index (χ4v) is 8.82. The van der Waals surface area contributed by atoms with Crippen molar-refractivity contribution >= 4 is 6.09 Å². The van der Waals surface area contributed by atoms with E-state index in [2.05, 4.69) is 34.1 Å². The lowest BCUT2D eigenvalue weighted by atomic mass is 9.88. The number of benzene rings is 4. The normalized spacial score (nSPS) is 19.6. The van der Waals surface area contributed by atoms with Crippen LogP contribution in [0.2, 0.25) is 0 Å². The van der Waals surface area contributed by atoms with E-state index in [0.717, 1.165) is 50.9 Å². The fraction of sp³-hybridized carbons (Fsp3) is 0.468. The van der Waals surface area contributed by atoms with Gasteiger partial charge in [-0.15, -0.1) is 0 Å². The summed E-state index contributed by atoms with van der Waals surface area (Å²) in [4.78, 5) is 20.5. The molecule has 0 saturated carbocycles. The molecular formula is C47H56F6N4O2. The Hall–Kier alpha value is -4.39. The summed E-state index contributed by atoms with van der Waals surface area (Å²) >= 11 is 0. The highest BCUT2D eigenvalue weighted by Gasteiger charge is 2.44. The molecule has 0 radical (unpaired) electrons. The van der Waals surface area contributed by atoms with E-state index in [1.165, 1.54) is 16.0 Å². The Morgan fingerprint density at radius 1 is 0.712 bits per heavy atom. The first-order chi connectivity index (χ1) is 28.1. The van der Waals surface area contributed by atoms with Crippen molar-refractivity contribution in [3.8, 4) is 0 Å². The maximum Gasteiger partial charge on any atom is 0.412 e. The van der Waals surface area contributed by atoms with Crippen molar-refractivity contribution in [3.05, 3.63) is 142 Å². The van der Waals surface area contributed by atoms with Crippen LogP contribution in [0.25, 0.3) is 0 Å². The van der Waals surface area contributed by atoms with Gasteiger partial charge in [-0.2, -0.15) is 0 Å². The molecular weight excluding hydrogens is 767 g/mol. The Balaban J connectivity index is 1.40. The van der Waals surface area contributed by atoms with Crippen LogP contribution in [0, 0.1) is 34.9 Å². The number of ether oxygens (including phenoxy) is 1. The van der Waals surface area contributed by atoms with Crippen molar-refractivity contribution in [3.63, 3.8) is 0 Å². The number of piperidine rings is 2. The molecule has 4 aromatic rings. The topological polar surface area (TPSA) is 62.0 Å². The molecule has 2 aliphatic heterocycles. The molecule has 4 atom stereocenters. The molecule has 2 heterocycles. The number of halogens is 6. The molecule has 12 heteroatoms. The molecule has 318 valence electrons. The van der Waals surface area contributed by atoms with Gasteiger partial charge in [-0.3, -0.25) is 4.90 Å². The Morgan fingerprint density at radius 3 is 1.71 bits per heavy atom. The number of carbonyl (C=O) groups is 1. The Morgan fingerprint density at radius 2 is 1.19 bits per heavy atom. The molecule has 59 heavy (non-hydrogen) atoms. The van der Waals surface area contributed by atoms with Crippen LogP contribution in [0.4, 0.5) is 31.1 Å². The Labute approximate surface area is 344 Å². The van der Waals surface area contributed by atoms with Crippen molar-refractivity contribution in [1.82, 2.24) is 14.7 Å². The molecule has 2 saturated heterocycles. The Bertz CT molecular complexity index is 2020. The number of nitrogens with two attached hydrogens (primary N) is 1. The molecule has 2 N–H and O–H groups in total. The molecule has 2 unspecified atom stereocenters. The molecule has 2 fully saturated rings. The highest BCUT2D eigenvalue weighted by Crippen LogP contribution is 2.34. The van der Waals surface area contributed by atoms with Crippen LogP contribution in [-0.4, -0.2) is 77.4 Å². The van der Waals surface area contributed by atoms with Crippen LogP contribution >= 0.6 is 0 Å². The quantitative estimate of drug-likeness (QED) is 0.0780. The number of hydrogen-bond acceptors (Lipinski definition) is 5. The molecule has 0 aromatic heterocycles. The third kappa shape index (κ3) is 11.7. The lowest BCUT2D eigenvalue weighted by Crippen LogP contribution is -2.65. The van der Waals surface area contributed by atoms with Crippen molar-refractivity contribution in [2.45, 2.75) is 101 Å². The van der Waals surface area contributed by atoms with E-state index in [1.54, 1.807) is 20.8 Å². The van der Waals surface area contributed by atoms with E-state index in [9.17, 15) is 22.4 Å². The van der Waals surface area contributed by atoms with E-state index in [0.29, 0.717) is 38.3 Å². The molecule has 2 aliphatic rings. The lowest BCUT2D eigenvalue weighted by molar-refractivity contribution is -0.0269. The van der Waals surface area contributed by atoms with Crippen LogP contribution in [0.1, 0.15) is 93.4 Å². The summed E-state index contributed by atoms with van der Waals surface area (Å²) in [6, 6.07) is 21.7. The zero-order chi connectivity index (χ0) is 42.3. The molecule has 4 aromatic carbocycles. The Kier molecular flexibility index (Phi) is 14.5. The van der Waals surface area contributed by atoms with Gasteiger partial charge in [0.05, 0.1) is 0 Å². The van der Waals surface area contributed by atoms with Crippen molar-refractivity contribution in [2.75, 3.05) is 39.3 Å². The minimum Gasteiger partial charge on any atom is -0.444 e. The molecule has 0 aliphatic carbocycles. The van der Waals surface area contributed by atoms with Crippen LogP contribution < -0.4 is 5.73 Å². The highest BCUT2D eigenvalue weighted by molar-refractivity contribution is 5.70. The third-order valence-corrected chi connectivity index (χ3v) is 11.8. The first-order valence-corrected chi connectivity index (χ1v) is 20.7. The van der Waals surface area contributed by atoms with Gasteiger partial charge >= 0.3 is 6.09 Å². The van der Waals surface area contributed by atoms with Gasteiger partial charge in [-0.05, 0) is 125 Å². The van der Waals surface area contributed by atoms with Crippen molar-refractivity contribution in [2.24, 2.45) is 5.73 Å². The number of nitrogens with zero attached hydrogens (tertiary/aromatic N) is 3. The second-order valence-electron chi connectivity index (χ2n) is 17.3. The standard InChI is InChI=1S/C47H56F6N4O2/c1-46(2,3)59-45(58)57(38(24-36-25-41(50)43(52)27-39(36)48)18-22-55-20-10-16-34(30-55)32-12-6-4-7-13-32)47(54,29-37-26-42(51)44(53)28-40(37)49)19-23-56-21-11-17-35(31-56)33-14-8-5-9-15-33/h4-9,12-15,25-28,34-35,38H,10-11,16-24,29-31,54H2,1-3H3/t34?,35?,38-,47-/m0/s1. The minimum atomic E-state index is -1.83. The lowest BCUT2D eigenvalue weighted by Gasteiger charge is -2.47. The van der Waals surface area contributed by atoms with E-state index >= 15 is 8.78 Å². The average molecular weight is 823 g/mol. The van der Waals surface area contributed by atoms with Crippen molar-refractivity contribution < 1.29 is 35.9 Å². The highest BCUT2D eigenvalue weighted by atomic mass is 19.2. The summed E-state index contributed by atoms with van der Waals surface area (Å²) < 4.78 is 95.4. The number of amides is 1. The first-order valence-electron chi connectivity index (χ1n) is 20.7. The predicted molar refractivity (Wildman–Crippen MR) is 218 cm³/mol. The molecule has 6 rings (SSSR count). The van der Waals surface area contributed by atoms with Crippen LogP contribution in [0.5, 0.6) is 0 Å². The number of hydrogen-bond donors (Lipinski definition) is 1. The largest absolute Gasteiger partial charge is 0.444 e. The molecule has 1 amide bonds. The summed E-state index contributed by atoms with van der Waals surface area (Å²) in [6.07, 6.45) is 2.34. The van der Waals surface area contributed by atoms with E-state index < -0.39 is 64.7 Å². The van der Waals surface area contributed by atoms with Crippen LogP contribution in [-0.2, 0) is 17.6 Å². The fourth-order valence-electron chi connectivity index (χ4n) is 8.82. The van der Waals surface area contributed by atoms with Gasteiger partial charge in [0.25, 0.3) is 0 Å². The number of carbonyl (C=O) groups excluding carboxylic acids is 1. The van der Waals surface area contributed by atoms with E-state index in [-0.39, 0.29) is 42.2 Å². The van der Waals surface area contributed by atoms with Gasteiger partial charge in [0, 0.05) is 50.8 Å². The van der Waals surface area contributed by atoms with Gasteiger partial charge in [0.2, 0.25) is 0 Å². The number of rotatable bonds is 14. The zero-order valence-corrected chi connectivity index (χ0v) is 34.2.